The molecule has 0 heterocycles. The van der Waals surface area contributed by atoms with Gasteiger partial charge in [0.1, 0.15) is 0 Å². The minimum absolute atomic E-state index is 0.116. The summed E-state index contributed by atoms with van der Waals surface area (Å²) in [4.78, 5) is 0. The first kappa shape index (κ1) is 23.5. The summed E-state index contributed by atoms with van der Waals surface area (Å²) >= 11 is 0. The Hall–Kier alpha value is -3.90. The molecule has 0 saturated carbocycles. The maximum Gasteiger partial charge on any atom is 0.00278 e. The van der Waals surface area contributed by atoms with Crippen LogP contribution in [0.15, 0.2) is 115 Å². The zero-order valence-corrected chi connectivity index (χ0v) is 22.3. The first-order valence-electron chi connectivity index (χ1n) is 13.5. The van der Waals surface area contributed by atoms with E-state index in [4.69, 9.17) is 0 Å². The second kappa shape index (κ2) is 9.20. The van der Waals surface area contributed by atoms with Crippen LogP contribution in [0, 0.1) is 21.8 Å². The lowest BCUT2D eigenvalue weighted by atomic mass is 9.85. The summed E-state index contributed by atoms with van der Waals surface area (Å²) < 4.78 is 0. The molecular weight excluding hydrogens is 444 g/mol. The summed E-state index contributed by atoms with van der Waals surface area (Å²) in [5.74, 6) is 0.407. The van der Waals surface area contributed by atoms with E-state index in [1.165, 1.54) is 59.8 Å². The molecule has 0 radical (unpaired) electrons. The molecule has 0 amide bonds. The van der Waals surface area contributed by atoms with E-state index in [2.05, 4.69) is 143 Å². The van der Waals surface area contributed by atoms with E-state index >= 15 is 0 Å². The van der Waals surface area contributed by atoms with E-state index in [0.717, 1.165) is 6.42 Å². The summed E-state index contributed by atoms with van der Waals surface area (Å²) in [6, 6.07) is 35.3. The minimum Gasteiger partial charge on any atom is -0.0732 e. The molecule has 0 fully saturated rings. The van der Waals surface area contributed by atoms with Crippen LogP contribution in [0.25, 0.3) is 17.2 Å². The van der Waals surface area contributed by atoms with Gasteiger partial charge in [-0.05, 0) is 77.8 Å². The number of benzene rings is 4. The highest BCUT2D eigenvalue weighted by Crippen LogP contribution is 2.42. The van der Waals surface area contributed by atoms with Crippen molar-refractivity contribution < 1.29 is 0 Å². The van der Waals surface area contributed by atoms with Crippen LogP contribution in [0.1, 0.15) is 56.4 Å². The molecule has 0 spiro atoms. The summed E-state index contributed by atoms with van der Waals surface area (Å²) in [5, 5.41) is 5.30. The van der Waals surface area contributed by atoms with E-state index in [1.54, 1.807) is 0 Å². The van der Waals surface area contributed by atoms with Gasteiger partial charge in [0.05, 0.1) is 0 Å². The van der Waals surface area contributed by atoms with Crippen molar-refractivity contribution in [3.63, 3.8) is 0 Å². The summed E-state index contributed by atoms with van der Waals surface area (Å²) in [6.45, 7) is 9.30. The zero-order valence-electron chi connectivity index (χ0n) is 22.3. The molecule has 0 aliphatic heterocycles. The quantitative estimate of drug-likeness (QED) is 0.248. The number of hydrogen-bond acceptors (Lipinski definition) is 0. The standard InChI is InChI=1S/C37H34/c1-5-25-22-29(37(2,3)4)24-33(25)36-32(21-20-31-30-19-13-12-18-28(30)23-34(31)36)35(26-14-8-6-9-15-26)27-16-10-7-11-17-27/h6-25H,5H2,1-4H3. The monoisotopic (exact) mass is 478 g/mol. The van der Waals surface area contributed by atoms with Crippen molar-refractivity contribution >= 4 is 17.2 Å². The molecule has 1 atom stereocenters. The van der Waals surface area contributed by atoms with Crippen molar-refractivity contribution in [3.8, 4) is 0 Å². The number of allylic oxidation sites excluding steroid dienone is 4. The van der Waals surface area contributed by atoms with Crippen LogP contribution in [0.5, 0.6) is 0 Å². The lowest BCUT2D eigenvalue weighted by Crippen LogP contribution is -2.18. The van der Waals surface area contributed by atoms with E-state index in [-0.39, 0.29) is 5.41 Å². The Bertz CT molecular complexity index is 1720. The van der Waals surface area contributed by atoms with Crippen LogP contribution in [0.4, 0.5) is 0 Å². The molecule has 2 aliphatic rings. The topological polar surface area (TPSA) is 0 Å². The third-order valence-corrected chi connectivity index (χ3v) is 7.88. The van der Waals surface area contributed by atoms with Gasteiger partial charge in [-0.1, -0.05) is 137 Å². The van der Waals surface area contributed by atoms with E-state index in [9.17, 15) is 0 Å². The van der Waals surface area contributed by atoms with Crippen molar-refractivity contribution in [2.45, 2.75) is 34.1 Å². The third kappa shape index (κ3) is 4.11. The molecular formula is C37H34. The summed E-state index contributed by atoms with van der Waals surface area (Å²) in [5.41, 5.74) is 9.55. The Labute approximate surface area is 220 Å². The number of rotatable bonds is 4. The average Bonchev–Trinajstić information content (AvgIpc) is 3.52. The van der Waals surface area contributed by atoms with E-state index in [0.29, 0.717) is 5.92 Å². The molecule has 1 unspecified atom stereocenters. The molecule has 0 heteroatoms. The molecule has 37 heavy (non-hydrogen) atoms. The maximum atomic E-state index is 2.52. The van der Waals surface area contributed by atoms with Crippen molar-refractivity contribution in [2.75, 3.05) is 0 Å². The Morgan fingerprint density at radius 2 is 1.30 bits per heavy atom. The minimum atomic E-state index is 0.116. The van der Waals surface area contributed by atoms with Crippen LogP contribution in [-0.4, -0.2) is 0 Å². The number of fused-ring (bicyclic) bond motifs is 2. The highest BCUT2D eigenvalue weighted by Gasteiger charge is 2.28. The van der Waals surface area contributed by atoms with Gasteiger partial charge in [-0.2, -0.15) is 0 Å². The van der Waals surface area contributed by atoms with Crippen LogP contribution >= 0.6 is 0 Å². The Balaban J connectivity index is 1.79. The van der Waals surface area contributed by atoms with Gasteiger partial charge < -0.3 is 0 Å². The van der Waals surface area contributed by atoms with Gasteiger partial charge in [-0.25, -0.2) is 0 Å². The fourth-order valence-electron chi connectivity index (χ4n) is 5.93. The molecule has 0 nitrogen and oxygen atoms in total. The Kier molecular flexibility index (Phi) is 5.84. The largest absolute Gasteiger partial charge is 0.0732 e. The van der Waals surface area contributed by atoms with Crippen LogP contribution < -0.4 is 10.4 Å². The van der Waals surface area contributed by atoms with Crippen LogP contribution in [-0.2, 0) is 0 Å². The molecule has 4 aromatic rings. The highest BCUT2D eigenvalue weighted by atomic mass is 14.3. The molecule has 0 saturated heterocycles. The molecule has 6 rings (SSSR count). The fourth-order valence-corrected chi connectivity index (χ4v) is 5.93. The molecule has 0 bridgehead atoms. The SMILES string of the molecule is CCC1C=C(C(C)(C)C)C=C1c1c2c(ccc1=C(c1ccccc1)c1ccccc1)=c1ccccc1=C2. The number of hydrogen-bond donors (Lipinski definition) is 0. The predicted molar refractivity (Wildman–Crippen MR) is 157 cm³/mol. The molecule has 2 aliphatic carbocycles. The van der Waals surface area contributed by atoms with Crippen LogP contribution in [0.3, 0.4) is 0 Å². The maximum absolute atomic E-state index is 2.52. The predicted octanol–water partition coefficient (Wildman–Crippen LogP) is 7.76. The second-order valence-corrected chi connectivity index (χ2v) is 11.3. The fraction of sp³-hybridized carbons (Fsp3) is 0.189. The van der Waals surface area contributed by atoms with Gasteiger partial charge >= 0.3 is 0 Å². The van der Waals surface area contributed by atoms with Crippen molar-refractivity contribution in [1.29, 1.82) is 0 Å². The van der Waals surface area contributed by atoms with Crippen molar-refractivity contribution in [3.05, 3.63) is 158 Å². The molecule has 182 valence electrons. The van der Waals surface area contributed by atoms with E-state index < -0.39 is 0 Å². The third-order valence-electron chi connectivity index (χ3n) is 7.88. The normalized spacial score (nSPS) is 15.9. The Morgan fingerprint density at radius 3 is 1.92 bits per heavy atom. The van der Waals surface area contributed by atoms with Gasteiger partial charge in [0.2, 0.25) is 0 Å². The van der Waals surface area contributed by atoms with Gasteiger partial charge in [0.15, 0.2) is 0 Å². The highest BCUT2D eigenvalue weighted by molar-refractivity contribution is 5.88. The summed E-state index contributed by atoms with van der Waals surface area (Å²) in [6.07, 6.45) is 8.52. The smallest absolute Gasteiger partial charge is 0.00278 e. The first-order chi connectivity index (χ1) is 18.0. The second-order valence-electron chi connectivity index (χ2n) is 11.3. The first-order valence-corrected chi connectivity index (χ1v) is 13.5. The molecule has 0 N–H and O–H groups in total. The van der Waals surface area contributed by atoms with E-state index in [1.807, 2.05) is 0 Å². The van der Waals surface area contributed by atoms with Gasteiger partial charge in [0, 0.05) is 5.92 Å². The van der Waals surface area contributed by atoms with Crippen molar-refractivity contribution in [1.82, 2.24) is 0 Å². The van der Waals surface area contributed by atoms with Crippen molar-refractivity contribution in [2.24, 2.45) is 11.3 Å². The molecule has 0 aromatic heterocycles. The summed E-state index contributed by atoms with van der Waals surface area (Å²) in [7, 11) is 0. The lowest BCUT2D eigenvalue weighted by Gasteiger charge is -2.19. The zero-order chi connectivity index (χ0) is 25.6. The van der Waals surface area contributed by atoms with Gasteiger partial charge in [-0.3, -0.25) is 0 Å². The molecule has 4 aromatic carbocycles. The average molecular weight is 479 g/mol. The lowest BCUT2D eigenvalue weighted by molar-refractivity contribution is 0.516. The van der Waals surface area contributed by atoms with Gasteiger partial charge in [0.25, 0.3) is 0 Å². The Morgan fingerprint density at radius 1 is 0.676 bits per heavy atom. The van der Waals surface area contributed by atoms with Gasteiger partial charge in [-0.15, -0.1) is 0 Å². The van der Waals surface area contributed by atoms with Crippen LogP contribution in [0.2, 0.25) is 0 Å².